The molecule has 0 amide bonds. The Morgan fingerprint density at radius 3 is 1.82 bits per heavy atom. The molecule has 5 heteroatoms. The van der Waals surface area contributed by atoms with Gasteiger partial charge in [-0.25, -0.2) is 0 Å². The summed E-state index contributed by atoms with van der Waals surface area (Å²) in [5.41, 5.74) is 0. The van der Waals surface area contributed by atoms with Gasteiger partial charge in [0, 0.05) is 0 Å². The first kappa shape index (κ1) is 13.3. The maximum absolute atomic E-state index is 11.1. The van der Waals surface area contributed by atoms with Crippen molar-refractivity contribution in [3.05, 3.63) is 0 Å². The van der Waals surface area contributed by atoms with Crippen molar-refractivity contribution in [2.24, 2.45) is 11.8 Å². The van der Waals surface area contributed by atoms with E-state index >= 15 is 0 Å². The minimum absolute atomic E-state index is 0.188. The van der Waals surface area contributed by atoms with E-state index in [1.165, 1.54) is 32.1 Å². The molecule has 0 heterocycles. The van der Waals surface area contributed by atoms with Gasteiger partial charge >= 0.3 is 0 Å². The standard InChI is InChI=1S/C12H22O4S/c13-12(17(14,15)16)8-6-11(7-9-12)10-4-2-1-3-5-10/h10-11,13H,1-9H2,(H,14,15,16). The van der Waals surface area contributed by atoms with Crippen LogP contribution in [-0.2, 0) is 10.1 Å². The molecule has 0 radical (unpaired) electrons. The average molecular weight is 262 g/mol. The Bertz CT molecular complexity index is 349. The molecule has 0 aromatic heterocycles. The summed E-state index contributed by atoms with van der Waals surface area (Å²) in [5, 5.41) is 9.89. The summed E-state index contributed by atoms with van der Waals surface area (Å²) < 4.78 is 31.2. The molecule has 2 aliphatic carbocycles. The molecule has 0 aliphatic heterocycles. The first-order valence-electron chi connectivity index (χ1n) is 6.62. The fourth-order valence-electron chi connectivity index (χ4n) is 3.43. The Kier molecular flexibility index (Phi) is 3.80. The minimum Gasteiger partial charge on any atom is -0.372 e. The fourth-order valence-corrected chi connectivity index (χ4v) is 4.18. The second-order valence-corrected chi connectivity index (χ2v) is 7.37. The predicted octanol–water partition coefficient (Wildman–Crippen LogP) is 2.33. The molecule has 0 atom stereocenters. The Morgan fingerprint density at radius 2 is 1.35 bits per heavy atom. The monoisotopic (exact) mass is 262 g/mol. The van der Waals surface area contributed by atoms with E-state index in [-0.39, 0.29) is 12.8 Å². The number of rotatable bonds is 2. The quantitative estimate of drug-likeness (QED) is 0.749. The third kappa shape index (κ3) is 2.83. The SMILES string of the molecule is O=S(=O)(O)C1(O)CCC(C2CCCCC2)CC1. The van der Waals surface area contributed by atoms with E-state index in [0.717, 1.165) is 12.8 Å². The third-order valence-electron chi connectivity index (χ3n) is 4.61. The van der Waals surface area contributed by atoms with Crippen LogP contribution in [-0.4, -0.2) is 23.0 Å². The largest absolute Gasteiger partial charge is 0.372 e. The van der Waals surface area contributed by atoms with Gasteiger partial charge in [0.15, 0.2) is 4.93 Å². The van der Waals surface area contributed by atoms with Crippen LogP contribution in [0.1, 0.15) is 57.8 Å². The molecular formula is C12H22O4S. The molecule has 2 saturated carbocycles. The van der Waals surface area contributed by atoms with Gasteiger partial charge in [-0.2, -0.15) is 8.42 Å². The first-order valence-corrected chi connectivity index (χ1v) is 8.06. The molecule has 0 spiro atoms. The highest BCUT2D eigenvalue weighted by Gasteiger charge is 2.45. The summed E-state index contributed by atoms with van der Waals surface area (Å²) >= 11 is 0. The lowest BCUT2D eigenvalue weighted by Crippen LogP contribution is -2.42. The van der Waals surface area contributed by atoms with Crippen LogP contribution in [0.3, 0.4) is 0 Å². The molecule has 100 valence electrons. The van der Waals surface area contributed by atoms with Gasteiger partial charge in [0.2, 0.25) is 0 Å². The van der Waals surface area contributed by atoms with Gasteiger partial charge in [-0.15, -0.1) is 0 Å². The average Bonchev–Trinajstić information content (AvgIpc) is 2.30. The van der Waals surface area contributed by atoms with Crippen molar-refractivity contribution < 1.29 is 18.1 Å². The molecule has 0 unspecified atom stereocenters. The van der Waals surface area contributed by atoms with E-state index in [4.69, 9.17) is 4.55 Å². The molecule has 2 fully saturated rings. The molecule has 17 heavy (non-hydrogen) atoms. The maximum Gasteiger partial charge on any atom is 0.294 e. The van der Waals surface area contributed by atoms with Crippen molar-refractivity contribution in [1.29, 1.82) is 0 Å². The van der Waals surface area contributed by atoms with Crippen LogP contribution < -0.4 is 0 Å². The van der Waals surface area contributed by atoms with Gasteiger partial charge in [-0.05, 0) is 37.5 Å². The summed E-state index contributed by atoms with van der Waals surface area (Å²) in [4.78, 5) is -1.88. The highest BCUT2D eigenvalue weighted by Crippen LogP contribution is 2.42. The summed E-state index contributed by atoms with van der Waals surface area (Å²) in [6, 6.07) is 0. The van der Waals surface area contributed by atoms with Crippen molar-refractivity contribution in [3.63, 3.8) is 0 Å². The van der Waals surface area contributed by atoms with Gasteiger partial charge in [-0.3, -0.25) is 4.55 Å². The van der Waals surface area contributed by atoms with Crippen LogP contribution in [0.4, 0.5) is 0 Å². The van der Waals surface area contributed by atoms with Crippen LogP contribution in [0.15, 0.2) is 0 Å². The Morgan fingerprint density at radius 1 is 0.882 bits per heavy atom. The number of hydrogen-bond acceptors (Lipinski definition) is 3. The van der Waals surface area contributed by atoms with Gasteiger partial charge in [-0.1, -0.05) is 32.1 Å². The van der Waals surface area contributed by atoms with Gasteiger partial charge in [0.05, 0.1) is 0 Å². The van der Waals surface area contributed by atoms with Crippen LogP contribution in [0.5, 0.6) is 0 Å². The molecule has 2 rings (SSSR count). The van der Waals surface area contributed by atoms with Crippen LogP contribution in [0.2, 0.25) is 0 Å². The topological polar surface area (TPSA) is 74.6 Å². The molecule has 2 aliphatic rings. The molecule has 0 saturated heterocycles. The van der Waals surface area contributed by atoms with Crippen molar-refractivity contribution in [2.75, 3.05) is 0 Å². The second kappa shape index (κ2) is 4.86. The van der Waals surface area contributed by atoms with Gasteiger partial charge in [0.25, 0.3) is 10.1 Å². The van der Waals surface area contributed by atoms with Crippen molar-refractivity contribution in [3.8, 4) is 0 Å². The summed E-state index contributed by atoms with van der Waals surface area (Å²) in [7, 11) is -4.32. The Hall–Kier alpha value is -0.130. The van der Waals surface area contributed by atoms with Crippen molar-refractivity contribution in [1.82, 2.24) is 0 Å². The number of aliphatic hydroxyl groups is 1. The molecule has 4 nitrogen and oxygen atoms in total. The fraction of sp³-hybridized carbons (Fsp3) is 1.00. The molecule has 0 aromatic rings. The lowest BCUT2D eigenvalue weighted by Gasteiger charge is -2.38. The maximum atomic E-state index is 11.1. The summed E-state index contributed by atoms with van der Waals surface area (Å²) in [5.74, 6) is 1.24. The highest BCUT2D eigenvalue weighted by molar-refractivity contribution is 7.87. The zero-order valence-electron chi connectivity index (χ0n) is 10.1. The first-order chi connectivity index (χ1) is 7.92. The van der Waals surface area contributed by atoms with E-state index in [0.29, 0.717) is 11.8 Å². The zero-order valence-corrected chi connectivity index (χ0v) is 11.0. The Balaban J connectivity index is 1.93. The van der Waals surface area contributed by atoms with Crippen LogP contribution in [0.25, 0.3) is 0 Å². The molecular weight excluding hydrogens is 240 g/mol. The molecule has 0 aromatic carbocycles. The van der Waals surface area contributed by atoms with E-state index in [2.05, 4.69) is 0 Å². The van der Waals surface area contributed by atoms with Crippen LogP contribution >= 0.6 is 0 Å². The van der Waals surface area contributed by atoms with Crippen molar-refractivity contribution in [2.45, 2.75) is 62.7 Å². The summed E-state index contributed by atoms with van der Waals surface area (Å²) in [6.45, 7) is 0. The normalized spacial score (nSPS) is 36.9. The lowest BCUT2D eigenvalue weighted by atomic mass is 9.73. The molecule has 2 N–H and O–H groups in total. The lowest BCUT2D eigenvalue weighted by molar-refractivity contribution is 0.0397. The van der Waals surface area contributed by atoms with E-state index in [1.54, 1.807) is 0 Å². The zero-order chi connectivity index (χ0) is 12.5. The number of hydrogen-bond donors (Lipinski definition) is 2. The second-order valence-electron chi connectivity index (χ2n) is 5.66. The third-order valence-corrected chi connectivity index (χ3v) is 5.98. The van der Waals surface area contributed by atoms with E-state index in [9.17, 15) is 13.5 Å². The van der Waals surface area contributed by atoms with E-state index in [1.807, 2.05) is 0 Å². The highest BCUT2D eigenvalue weighted by atomic mass is 32.2. The van der Waals surface area contributed by atoms with Crippen molar-refractivity contribution >= 4 is 10.1 Å². The minimum atomic E-state index is -4.32. The Labute approximate surface area is 103 Å². The molecule has 0 bridgehead atoms. The summed E-state index contributed by atoms with van der Waals surface area (Å²) in [6.07, 6.45) is 8.19. The smallest absolute Gasteiger partial charge is 0.294 e. The van der Waals surface area contributed by atoms with Gasteiger partial charge < -0.3 is 5.11 Å². The van der Waals surface area contributed by atoms with E-state index < -0.39 is 15.1 Å². The van der Waals surface area contributed by atoms with Gasteiger partial charge in [0.1, 0.15) is 0 Å². The van der Waals surface area contributed by atoms with Crippen LogP contribution in [0, 0.1) is 11.8 Å². The predicted molar refractivity (Wildman–Crippen MR) is 65.0 cm³/mol.